The Morgan fingerprint density at radius 2 is 1.67 bits per heavy atom. The van der Waals surface area contributed by atoms with Crippen LogP contribution in [0.4, 0.5) is 0 Å². The van der Waals surface area contributed by atoms with Gasteiger partial charge in [-0.1, -0.05) is 22.6 Å². The highest BCUT2D eigenvalue weighted by molar-refractivity contribution is 14.1. The Kier molecular flexibility index (Phi) is 0.488. The average molecular weight is 194 g/mol. The molecular weight excluding hydrogens is 187 g/mol. The molecule has 0 aromatic carbocycles. The molecule has 0 N–H and O–H groups in total. The smallest absolute Gasteiger partial charge is 0.0230 e. The molecule has 0 aliphatic heterocycles. The molecule has 1 heteroatoms. The van der Waals surface area contributed by atoms with Crippen molar-refractivity contribution in [2.24, 2.45) is 5.92 Å². The molecule has 0 aromatic heterocycles. The van der Waals surface area contributed by atoms with Crippen molar-refractivity contribution in [3.8, 4) is 0 Å². The second-order valence-corrected chi connectivity index (χ2v) is 4.92. The molecule has 34 valence electrons. The topological polar surface area (TPSA) is 0 Å². The Hall–Kier alpha value is 0.730. The average Bonchev–Trinajstić information content (AvgIpc) is 1.24. The Morgan fingerprint density at radius 1 is 1.33 bits per heavy atom. The van der Waals surface area contributed by atoms with E-state index < -0.39 is 0 Å². The zero-order chi connectivity index (χ0) is 4.20. The van der Waals surface area contributed by atoms with Crippen LogP contribution in [0.5, 0.6) is 0 Å². The van der Waals surface area contributed by atoms with E-state index >= 15 is 0 Å². The summed E-state index contributed by atoms with van der Waals surface area (Å²) < 4.78 is 0.836. The highest BCUT2D eigenvalue weighted by Crippen LogP contribution is 2.62. The molecule has 0 unspecified atom stereocenters. The van der Waals surface area contributed by atoms with Crippen LogP contribution in [0.3, 0.4) is 0 Å². The standard InChI is InChI=1S/C5H7I/c6-5-1-4(2-5)3-5/h4H,1-3H2. The fraction of sp³-hybridized carbons (Fsp3) is 1.00. The minimum atomic E-state index is 0.836. The van der Waals surface area contributed by atoms with E-state index in [1.807, 2.05) is 0 Å². The number of hydrogen-bond donors (Lipinski definition) is 0. The number of halogens is 1. The van der Waals surface area contributed by atoms with E-state index in [0.717, 1.165) is 3.42 Å². The molecule has 2 bridgehead atoms. The minimum Gasteiger partial charge on any atom is -0.0788 e. The largest absolute Gasteiger partial charge is 0.0788 e. The molecule has 6 heavy (non-hydrogen) atoms. The van der Waals surface area contributed by atoms with Crippen molar-refractivity contribution < 1.29 is 0 Å². The molecule has 0 nitrogen and oxygen atoms in total. The van der Waals surface area contributed by atoms with Crippen molar-refractivity contribution in [2.75, 3.05) is 0 Å². The number of hydrogen-bond acceptors (Lipinski definition) is 0. The van der Waals surface area contributed by atoms with Gasteiger partial charge in [-0.25, -0.2) is 0 Å². The summed E-state index contributed by atoms with van der Waals surface area (Å²) in [6.45, 7) is 0. The number of rotatable bonds is 0. The van der Waals surface area contributed by atoms with Crippen LogP contribution in [0, 0.1) is 5.92 Å². The van der Waals surface area contributed by atoms with Crippen LogP contribution in [0.2, 0.25) is 0 Å². The lowest BCUT2D eigenvalue weighted by Gasteiger charge is -2.58. The van der Waals surface area contributed by atoms with Crippen LogP contribution >= 0.6 is 22.6 Å². The van der Waals surface area contributed by atoms with E-state index in [1.54, 1.807) is 0 Å². The van der Waals surface area contributed by atoms with E-state index in [9.17, 15) is 0 Å². The maximum atomic E-state index is 2.59. The van der Waals surface area contributed by atoms with Gasteiger partial charge in [-0.3, -0.25) is 0 Å². The highest BCUT2D eigenvalue weighted by Gasteiger charge is 2.54. The first-order chi connectivity index (χ1) is 2.79. The summed E-state index contributed by atoms with van der Waals surface area (Å²) in [6, 6.07) is 0. The predicted molar refractivity (Wildman–Crippen MR) is 34.1 cm³/mol. The Morgan fingerprint density at radius 3 is 1.67 bits per heavy atom. The molecule has 3 fully saturated rings. The first-order valence-corrected chi connectivity index (χ1v) is 3.55. The molecule has 3 aliphatic carbocycles. The first kappa shape index (κ1) is 3.70. The van der Waals surface area contributed by atoms with E-state index in [-0.39, 0.29) is 0 Å². The zero-order valence-corrected chi connectivity index (χ0v) is 5.73. The SMILES string of the molecule is IC12CC(C1)C2. The second kappa shape index (κ2) is 0.791. The van der Waals surface area contributed by atoms with Gasteiger partial charge in [0.15, 0.2) is 0 Å². The maximum absolute atomic E-state index is 2.59. The van der Waals surface area contributed by atoms with Crippen molar-refractivity contribution in [1.29, 1.82) is 0 Å². The van der Waals surface area contributed by atoms with Gasteiger partial charge in [0.25, 0.3) is 0 Å². The summed E-state index contributed by atoms with van der Waals surface area (Å²) >= 11 is 2.59. The van der Waals surface area contributed by atoms with Gasteiger partial charge in [0.05, 0.1) is 0 Å². The van der Waals surface area contributed by atoms with E-state index in [0.29, 0.717) is 0 Å². The summed E-state index contributed by atoms with van der Waals surface area (Å²) in [4.78, 5) is 0. The highest BCUT2D eigenvalue weighted by atomic mass is 127. The monoisotopic (exact) mass is 194 g/mol. The maximum Gasteiger partial charge on any atom is 0.0230 e. The molecule has 0 saturated heterocycles. The van der Waals surface area contributed by atoms with Gasteiger partial charge in [0.2, 0.25) is 0 Å². The lowest BCUT2D eigenvalue weighted by molar-refractivity contribution is 0.0740. The van der Waals surface area contributed by atoms with Gasteiger partial charge in [-0.05, 0) is 25.2 Å². The summed E-state index contributed by atoms with van der Waals surface area (Å²) in [5.41, 5.74) is 0. The molecule has 0 radical (unpaired) electrons. The third-order valence-corrected chi connectivity index (χ3v) is 3.28. The third kappa shape index (κ3) is 0.266. The van der Waals surface area contributed by atoms with Gasteiger partial charge in [-0.2, -0.15) is 0 Å². The van der Waals surface area contributed by atoms with E-state index in [2.05, 4.69) is 22.6 Å². The number of alkyl halides is 1. The second-order valence-electron chi connectivity index (χ2n) is 2.63. The third-order valence-electron chi connectivity index (χ3n) is 1.96. The molecule has 3 aliphatic rings. The Labute approximate surface area is 51.4 Å². The molecule has 0 heterocycles. The van der Waals surface area contributed by atoms with Crippen molar-refractivity contribution in [3.63, 3.8) is 0 Å². The summed E-state index contributed by atoms with van der Waals surface area (Å²) in [7, 11) is 0. The van der Waals surface area contributed by atoms with Gasteiger partial charge >= 0.3 is 0 Å². The normalized spacial score (nSPS) is 62.5. The van der Waals surface area contributed by atoms with Gasteiger partial charge < -0.3 is 0 Å². The van der Waals surface area contributed by atoms with Gasteiger partial charge in [0.1, 0.15) is 0 Å². The Bertz CT molecular complexity index is 70.9. The van der Waals surface area contributed by atoms with E-state index in [4.69, 9.17) is 0 Å². The van der Waals surface area contributed by atoms with Crippen molar-refractivity contribution in [3.05, 3.63) is 0 Å². The predicted octanol–water partition coefficient (Wildman–Crippen LogP) is 1.97. The van der Waals surface area contributed by atoms with Crippen molar-refractivity contribution in [2.45, 2.75) is 22.7 Å². The molecule has 0 atom stereocenters. The van der Waals surface area contributed by atoms with Crippen molar-refractivity contribution >= 4 is 22.6 Å². The van der Waals surface area contributed by atoms with Crippen LogP contribution < -0.4 is 0 Å². The van der Waals surface area contributed by atoms with Crippen LogP contribution in [0.15, 0.2) is 0 Å². The molecule has 3 rings (SSSR count). The fourth-order valence-corrected chi connectivity index (χ4v) is 3.24. The molecule has 0 aromatic rings. The fourth-order valence-electron chi connectivity index (χ4n) is 1.37. The molecule has 0 amide bonds. The summed E-state index contributed by atoms with van der Waals surface area (Å²) in [5, 5.41) is 0. The van der Waals surface area contributed by atoms with Crippen LogP contribution in [0.1, 0.15) is 19.3 Å². The quantitative estimate of drug-likeness (QED) is 0.408. The van der Waals surface area contributed by atoms with Crippen molar-refractivity contribution in [1.82, 2.24) is 0 Å². The summed E-state index contributed by atoms with van der Waals surface area (Å²) in [5.74, 6) is 1.17. The zero-order valence-electron chi connectivity index (χ0n) is 3.58. The van der Waals surface area contributed by atoms with E-state index in [1.165, 1.54) is 25.2 Å². The Balaban J connectivity index is 2.19. The lowest BCUT2D eigenvalue weighted by Crippen LogP contribution is -2.52. The van der Waals surface area contributed by atoms with Crippen LogP contribution in [-0.4, -0.2) is 3.42 Å². The minimum absolute atomic E-state index is 0.836. The molecular formula is C5H7I. The van der Waals surface area contributed by atoms with Crippen LogP contribution in [-0.2, 0) is 0 Å². The van der Waals surface area contributed by atoms with Crippen LogP contribution in [0.25, 0.3) is 0 Å². The molecule has 3 saturated carbocycles. The molecule has 0 spiro atoms. The van der Waals surface area contributed by atoms with Gasteiger partial charge in [-0.15, -0.1) is 0 Å². The van der Waals surface area contributed by atoms with Gasteiger partial charge in [0, 0.05) is 3.42 Å². The summed E-state index contributed by atoms with van der Waals surface area (Å²) in [6.07, 6.45) is 4.61. The lowest BCUT2D eigenvalue weighted by atomic mass is 9.56. The first-order valence-electron chi connectivity index (χ1n) is 2.47.